The van der Waals surface area contributed by atoms with Gasteiger partial charge in [-0.25, -0.2) is 14.1 Å². The number of rotatable bonds is 5. The topological polar surface area (TPSA) is 73.8 Å². The molecule has 1 aromatic heterocycles. The molecule has 19 heavy (non-hydrogen) atoms. The number of halogens is 1. The Bertz CT molecular complexity index is 599. The first-order valence-electron chi connectivity index (χ1n) is 5.92. The van der Waals surface area contributed by atoms with E-state index in [9.17, 15) is 8.60 Å². The summed E-state index contributed by atoms with van der Waals surface area (Å²) in [5.74, 6) is 0.178. The zero-order valence-corrected chi connectivity index (χ0v) is 11.4. The van der Waals surface area contributed by atoms with Crippen molar-refractivity contribution in [3.05, 3.63) is 36.2 Å². The number of nitrogen functional groups attached to an aromatic ring is 1. The molecular formula is C12H15FN4OS. The maximum Gasteiger partial charge on any atom is 0.141 e. The molecule has 5 nitrogen and oxygen atoms in total. The van der Waals surface area contributed by atoms with E-state index in [0.29, 0.717) is 18.1 Å². The Morgan fingerprint density at radius 1 is 1.47 bits per heavy atom. The standard InChI is InChI=1S/C12H15FN4OS/c1-2-5-17-12(15-8-16-17)7-19(18)11-4-3-9(14)6-10(11)13/h3-4,6,8H,2,5,7,14H2,1H3. The lowest BCUT2D eigenvalue weighted by Gasteiger charge is -2.06. The summed E-state index contributed by atoms with van der Waals surface area (Å²) in [5.41, 5.74) is 5.77. The minimum absolute atomic E-state index is 0.139. The van der Waals surface area contributed by atoms with Gasteiger partial charge in [-0.1, -0.05) is 6.92 Å². The average Bonchev–Trinajstić information content (AvgIpc) is 2.77. The van der Waals surface area contributed by atoms with Gasteiger partial charge in [0.15, 0.2) is 0 Å². The van der Waals surface area contributed by atoms with Gasteiger partial charge in [0.1, 0.15) is 18.0 Å². The van der Waals surface area contributed by atoms with Gasteiger partial charge in [-0.15, -0.1) is 0 Å². The molecule has 0 bridgehead atoms. The van der Waals surface area contributed by atoms with Crippen molar-refractivity contribution in [2.75, 3.05) is 5.73 Å². The molecule has 0 fully saturated rings. The summed E-state index contributed by atoms with van der Waals surface area (Å²) in [6, 6.07) is 4.15. The zero-order valence-electron chi connectivity index (χ0n) is 10.5. The van der Waals surface area contributed by atoms with Gasteiger partial charge in [0, 0.05) is 12.2 Å². The van der Waals surface area contributed by atoms with Crippen LogP contribution in [0.3, 0.4) is 0 Å². The van der Waals surface area contributed by atoms with Crippen LogP contribution < -0.4 is 5.73 Å². The number of anilines is 1. The van der Waals surface area contributed by atoms with E-state index in [0.717, 1.165) is 6.42 Å². The molecule has 0 saturated carbocycles. The molecule has 0 saturated heterocycles. The molecule has 1 heterocycles. The molecule has 7 heteroatoms. The quantitative estimate of drug-likeness (QED) is 0.847. The summed E-state index contributed by atoms with van der Waals surface area (Å²) in [6.07, 6.45) is 2.32. The van der Waals surface area contributed by atoms with Gasteiger partial charge < -0.3 is 5.73 Å². The Labute approximate surface area is 113 Å². The van der Waals surface area contributed by atoms with E-state index in [1.807, 2.05) is 6.92 Å². The van der Waals surface area contributed by atoms with Crippen molar-refractivity contribution in [2.45, 2.75) is 30.5 Å². The molecule has 0 spiro atoms. The highest BCUT2D eigenvalue weighted by Gasteiger charge is 2.14. The fourth-order valence-corrected chi connectivity index (χ4v) is 2.81. The first kappa shape index (κ1) is 13.7. The number of aryl methyl sites for hydroxylation is 1. The number of benzene rings is 1. The van der Waals surface area contributed by atoms with Gasteiger partial charge in [-0.2, -0.15) is 5.10 Å². The SMILES string of the molecule is CCCn1ncnc1CS(=O)c1ccc(N)cc1F. The summed E-state index contributed by atoms with van der Waals surface area (Å²) in [5, 5.41) is 4.05. The third kappa shape index (κ3) is 3.17. The fourth-order valence-electron chi connectivity index (χ4n) is 1.70. The first-order chi connectivity index (χ1) is 9.11. The molecule has 2 N–H and O–H groups in total. The van der Waals surface area contributed by atoms with Gasteiger partial charge in [0.25, 0.3) is 0 Å². The zero-order chi connectivity index (χ0) is 13.8. The van der Waals surface area contributed by atoms with Gasteiger partial charge >= 0.3 is 0 Å². The summed E-state index contributed by atoms with van der Waals surface area (Å²) in [7, 11) is -1.50. The minimum Gasteiger partial charge on any atom is -0.399 e. The van der Waals surface area contributed by atoms with Crippen LogP contribution in [0.4, 0.5) is 10.1 Å². The molecule has 0 aliphatic heterocycles. The van der Waals surface area contributed by atoms with Gasteiger partial charge in [-0.05, 0) is 24.6 Å². The van der Waals surface area contributed by atoms with Crippen LogP contribution >= 0.6 is 0 Å². The Morgan fingerprint density at radius 3 is 2.95 bits per heavy atom. The highest BCUT2D eigenvalue weighted by Crippen LogP contribution is 2.17. The van der Waals surface area contributed by atoms with E-state index < -0.39 is 16.6 Å². The Kier molecular flexibility index (Phi) is 4.26. The Morgan fingerprint density at radius 2 is 2.26 bits per heavy atom. The second-order valence-corrected chi connectivity index (χ2v) is 5.50. The van der Waals surface area contributed by atoms with Crippen molar-refractivity contribution >= 4 is 16.5 Å². The minimum atomic E-state index is -1.50. The van der Waals surface area contributed by atoms with Crippen LogP contribution in [0.25, 0.3) is 0 Å². The molecule has 0 aliphatic carbocycles. The molecule has 1 aromatic carbocycles. The van der Waals surface area contributed by atoms with Crippen molar-refractivity contribution in [1.29, 1.82) is 0 Å². The maximum atomic E-state index is 13.7. The monoisotopic (exact) mass is 282 g/mol. The lowest BCUT2D eigenvalue weighted by atomic mass is 10.3. The Hall–Kier alpha value is -1.76. The van der Waals surface area contributed by atoms with Crippen molar-refractivity contribution in [1.82, 2.24) is 14.8 Å². The number of hydrogen-bond donors (Lipinski definition) is 1. The number of nitrogens with two attached hydrogens (primary N) is 1. The number of nitrogens with zero attached hydrogens (tertiary/aromatic N) is 3. The van der Waals surface area contributed by atoms with Crippen molar-refractivity contribution in [2.24, 2.45) is 0 Å². The van der Waals surface area contributed by atoms with Crippen LogP contribution in [0.5, 0.6) is 0 Å². The van der Waals surface area contributed by atoms with Crippen molar-refractivity contribution in [3.8, 4) is 0 Å². The van der Waals surface area contributed by atoms with Crippen molar-refractivity contribution < 1.29 is 8.60 Å². The average molecular weight is 282 g/mol. The van der Waals surface area contributed by atoms with Crippen molar-refractivity contribution in [3.63, 3.8) is 0 Å². The van der Waals surface area contributed by atoms with Gasteiger partial charge in [0.05, 0.1) is 21.4 Å². The molecule has 2 rings (SSSR count). The van der Waals surface area contributed by atoms with E-state index in [4.69, 9.17) is 5.73 Å². The summed E-state index contributed by atoms with van der Waals surface area (Å²) >= 11 is 0. The van der Waals surface area contributed by atoms with Crippen LogP contribution in [0.1, 0.15) is 19.2 Å². The summed E-state index contributed by atoms with van der Waals surface area (Å²) < 4.78 is 27.5. The number of aromatic nitrogens is 3. The molecule has 0 radical (unpaired) electrons. The van der Waals surface area contributed by atoms with Gasteiger partial charge in [0.2, 0.25) is 0 Å². The number of hydrogen-bond acceptors (Lipinski definition) is 4. The molecule has 1 unspecified atom stereocenters. The smallest absolute Gasteiger partial charge is 0.141 e. The van der Waals surface area contributed by atoms with Crippen LogP contribution in [0.15, 0.2) is 29.4 Å². The van der Waals surface area contributed by atoms with Crippen LogP contribution in [0, 0.1) is 5.82 Å². The summed E-state index contributed by atoms with van der Waals surface area (Å²) in [6.45, 7) is 2.72. The van der Waals surface area contributed by atoms with Crippen LogP contribution in [-0.2, 0) is 23.1 Å². The molecule has 102 valence electrons. The Balaban J connectivity index is 2.18. The predicted molar refractivity (Wildman–Crippen MR) is 71.2 cm³/mol. The molecular weight excluding hydrogens is 267 g/mol. The summed E-state index contributed by atoms with van der Waals surface area (Å²) in [4.78, 5) is 4.20. The van der Waals surface area contributed by atoms with Crippen LogP contribution in [0.2, 0.25) is 0 Å². The second kappa shape index (κ2) is 5.92. The molecule has 2 aromatic rings. The maximum absolute atomic E-state index is 13.7. The predicted octanol–water partition coefficient (Wildman–Crippen LogP) is 1.72. The third-order valence-electron chi connectivity index (χ3n) is 2.59. The third-order valence-corrected chi connectivity index (χ3v) is 3.93. The van der Waals surface area contributed by atoms with E-state index >= 15 is 0 Å². The largest absolute Gasteiger partial charge is 0.399 e. The second-order valence-electron chi connectivity index (χ2n) is 4.08. The fraction of sp³-hybridized carbons (Fsp3) is 0.333. The lowest BCUT2D eigenvalue weighted by Crippen LogP contribution is -2.09. The molecule has 1 atom stereocenters. The highest BCUT2D eigenvalue weighted by atomic mass is 32.2. The van der Waals surface area contributed by atoms with E-state index in [1.54, 1.807) is 4.68 Å². The van der Waals surface area contributed by atoms with E-state index in [-0.39, 0.29) is 10.6 Å². The lowest BCUT2D eigenvalue weighted by molar-refractivity contribution is 0.576. The highest BCUT2D eigenvalue weighted by molar-refractivity contribution is 7.84. The van der Waals surface area contributed by atoms with E-state index in [1.165, 1.54) is 24.5 Å². The molecule has 0 amide bonds. The molecule has 0 aliphatic rings. The van der Waals surface area contributed by atoms with Gasteiger partial charge in [-0.3, -0.25) is 4.21 Å². The van der Waals surface area contributed by atoms with E-state index in [2.05, 4.69) is 10.1 Å². The first-order valence-corrected chi connectivity index (χ1v) is 7.23. The normalized spacial score (nSPS) is 12.5. The van der Waals surface area contributed by atoms with Crippen LogP contribution in [-0.4, -0.2) is 19.0 Å².